The van der Waals surface area contributed by atoms with Gasteiger partial charge in [0.15, 0.2) is 11.6 Å². The fourth-order valence-electron chi connectivity index (χ4n) is 7.39. The summed E-state index contributed by atoms with van der Waals surface area (Å²) in [5, 5.41) is 10.1. The Hall–Kier alpha value is -4.02. The van der Waals surface area contributed by atoms with Crippen molar-refractivity contribution in [2.45, 2.75) is 18.8 Å². The van der Waals surface area contributed by atoms with Crippen molar-refractivity contribution in [1.29, 1.82) is 0 Å². The molecule has 220 valence electrons. The Balaban J connectivity index is 1.28. The summed E-state index contributed by atoms with van der Waals surface area (Å²) in [5.74, 6) is -3.16. The van der Waals surface area contributed by atoms with Crippen LogP contribution in [-0.4, -0.2) is 61.9 Å². The second-order valence-electron chi connectivity index (χ2n) is 11.4. The highest BCUT2D eigenvalue weighted by molar-refractivity contribution is 9.12. The molecule has 2 aliphatic heterocycles. The van der Waals surface area contributed by atoms with Gasteiger partial charge in [0, 0.05) is 53.5 Å². The second kappa shape index (κ2) is 10.6. The molecule has 10 heteroatoms. The number of hydrogen-bond donors (Lipinski definition) is 1. The zero-order valence-corrected chi connectivity index (χ0v) is 25.0. The van der Waals surface area contributed by atoms with Crippen molar-refractivity contribution in [3.63, 3.8) is 0 Å². The van der Waals surface area contributed by atoms with Gasteiger partial charge in [-0.2, -0.15) is 0 Å². The standard InChI is InChI=1S/C33H29BrN2O7/c1-42-27-14-19(37)6-7-21(27)28-20-8-9-22-29(23(20)15-24-30(28)26(38)16-25(34)31(24)39)33(41)36(32(22)40)18-4-2-17(3-5-18)35-10-12-43-13-11-35/h2-8,14,16,22-23,28-29,37H,9-13,15H2,1H3/t22-,23+,28+,29-/m0/s1. The molecule has 3 aliphatic carbocycles. The number of ketones is 2. The zero-order chi connectivity index (χ0) is 30.0. The van der Waals surface area contributed by atoms with Gasteiger partial charge in [0.2, 0.25) is 11.8 Å². The average molecular weight is 646 g/mol. The maximum absolute atomic E-state index is 14.2. The number of aromatic hydroxyl groups is 1. The number of rotatable bonds is 4. The molecule has 1 N–H and O–H groups in total. The van der Waals surface area contributed by atoms with Crippen LogP contribution in [0.2, 0.25) is 0 Å². The summed E-state index contributed by atoms with van der Waals surface area (Å²) in [6.45, 7) is 2.86. The Morgan fingerprint density at radius 1 is 0.953 bits per heavy atom. The second-order valence-corrected chi connectivity index (χ2v) is 12.3. The Bertz CT molecular complexity index is 1670. The van der Waals surface area contributed by atoms with E-state index in [2.05, 4.69) is 20.8 Å². The SMILES string of the molecule is COc1cc(O)ccc1[C@H]1C2=CC[C@@H]3C(=O)N(c4ccc(N5CCOCC5)cc4)C(=O)[C@@H]3[C@@H]2CC2=C1C(=O)C=C(Br)C2=O. The van der Waals surface area contributed by atoms with Crippen molar-refractivity contribution in [3.05, 3.63) is 81.4 Å². The monoisotopic (exact) mass is 644 g/mol. The number of methoxy groups -OCH3 is 1. The zero-order valence-electron chi connectivity index (χ0n) is 23.4. The van der Waals surface area contributed by atoms with Gasteiger partial charge in [-0.05, 0) is 65.0 Å². The highest BCUT2D eigenvalue weighted by Gasteiger charge is 2.57. The Labute approximate surface area is 256 Å². The molecule has 0 unspecified atom stereocenters. The number of carbonyl (C=O) groups excluding carboxylic acids is 4. The number of hydrogen-bond acceptors (Lipinski definition) is 8. The van der Waals surface area contributed by atoms with Crippen LogP contribution in [0.1, 0.15) is 24.3 Å². The van der Waals surface area contributed by atoms with Gasteiger partial charge in [0.25, 0.3) is 0 Å². The molecule has 43 heavy (non-hydrogen) atoms. The van der Waals surface area contributed by atoms with Crippen molar-refractivity contribution in [1.82, 2.24) is 0 Å². The number of amides is 2. The summed E-state index contributed by atoms with van der Waals surface area (Å²) in [5.41, 5.74) is 3.65. The van der Waals surface area contributed by atoms with Gasteiger partial charge in [-0.1, -0.05) is 17.7 Å². The minimum absolute atomic E-state index is 0.000357. The van der Waals surface area contributed by atoms with E-state index in [0.29, 0.717) is 47.8 Å². The van der Waals surface area contributed by atoms with Crippen LogP contribution in [0.4, 0.5) is 11.4 Å². The topological polar surface area (TPSA) is 113 Å². The number of anilines is 2. The lowest BCUT2D eigenvalue weighted by molar-refractivity contribution is -0.123. The van der Waals surface area contributed by atoms with E-state index in [1.807, 2.05) is 30.3 Å². The maximum Gasteiger partial charge on any atom is 0.238 e. The van der Waals surface area contributed by atoms with E-state index in [-0.39, 0.29) is 40.0 Å². The third kappa shape index (κ3) is 4.38. The number of allylic oxidation sites excluding steroid dienone is 6. The molecule has 2 fully saturated rings. The van der Waals surface area contributed by atoms with E-state index in [4.69, 9.17) is 9.47 Å². The Morgan fingerprint density at radius 2 is 1.67 bits per heavy atom. The van der Waals surface area contributed by atoms with E-state index in [0.717, 1.165) is 24.4 Å². The van der Waals surface area contributed by atoms with Gasteiger partial charge in [-0.25, -0.2) is 0 Å². The lowest BCUT2D eigenvalue weighted by Gasteiger charge is -2.42. The molecule has 4 atom stereocenters. The summed E-state index contributed by atoms with van der Waals surface area (Å²) in [4.78, 5) is 58.4. The molecule has 2 amide bonds. The molecular formula is C33H29BrN2O7. The van der Waals surface area contributed by atoms with E-state index in [9.17, 15) is 24.3 Å². The largest absolute Gasteiger partial charge is 0.508 e. The molecule has 7 rings (SSSR count). The molecule has 2 heterocycles. The summed E-state index contributed by atoms with van der Waals surface area (Å²) >= 11 is 3.25. The Kier molecular flexibility index (Phi) is 6.85. The number of halogens is 1. The normalized spacial score (nSPS) is 27.0. The van der Waals surface area contributed by atoms with Crippen LogP contribution in [0, 0.1) is 17.8 Å². The minimum atomic E-state index is -0.682. The molecule has 2 aromatic rings. The molecule has 2 aromatic carbocycles. The van der Waals surface area contributed by atoms with Crippen LogP contribution in [0.3, 0.4) is 0 Å². The number of fused-ring (bicyclic) bond motifs is 3. The predicted octanol–water partition coefficient (Wildman–Crippen LogP) is 4.20. The van der Waals surface area contributed by atoms with Crippen LogP contribution >= 0.6 is 15.9 Å². The summed E-state index contributed by atoms with van der Waals surface area (Å²) in [6, 6.07) is 12.1. The van der Waals surface area contributed by atoms with E-state index >= 15 is 0 Å². The molecule has 0 saturated carbocycles. The first-order valence-electron chi connectivity index (χ1n) is 14.3. The van der Waals surface area contributed by atoms with Crippen molar-refractivity contribution in [2.75, 3.05) is 43.2 Å². The molecule has 9 nitrogen and oxygen atoms in total. The highest BCUT2D eigenvalue weighted by Crippen LogP contribution is 2.56. The van der Waals surface area contributed by atoms with Gasteiger partial charge < -0.3 is 19.5 Å². The minimum Gasteiger partial charge on any atom is -0.508 e. The third-order valence-corrected chi connectivity index (χ3v) is 9.93. The number of benzene rings is 2. The van der Waals surface area contributed by atoms with Crippen LogP contribution in [-0.2, 0) is 23.9 Å². The lowest BCUT2D eigenvalue weighted by Crippen LogP contribution is -2.39. The van der Waals surface area contributed by atoms with Gasteiger partial charge in [-0.15, -0.1) is 0 Å². The average Bonchev–Trinajstić information content (AvgIpc) is 3.28. The van der Waals surface area contributed by atoms with Crippen LogP contribution in [0.5, 0.6) is 11.5 Å². The number of Topliss-reactive ketones (excluding diaryl/α,β-unsaturated/α-hetero) is 1. The predicted molar refractivity (Wildman–Crippen MR) is 161 cm³/mol. The maximum atomic E-state index is 14.2. The number of phenolic OH excluding ortho intramolecular Hbond substituents is 1. The third-order valence-electron chi connectivity index (χ3n) is 9.34. The van der Waals surface area contributed by atoms with E-state index < -0.39 is 23.7 Å². The highest BCUT2D eigenvalue weighted by atomic mass is 79.9. The Morgan fingerprint density at radius 3 is 2.40 bits per heavy atom. The summed E-state index contributed by atoms with van der Waals surface area (Å²) in [6.07, 6.45) is 3.77. The first kappa shape index (κ1) is 27.8. The lowest BCUT2D eigenvalue weighted by atomic mass is 9.59. The fraction of sp³-hybridized carbons (Fsp3) is 0.333. The van der Waals surface area contributed by atoms with E-state index in [1.54, 1.807) is 6.07 Å². The van der Waals surface area contributed by atoms with Crippen LogP contribution < -0.4 is 14.5 Å². The molecule has 2 saturated heterocycles. The van der Waals surface area contributed by atoms with Crippen molar-refractivity contribution >= 4 is 50.7 Å². The van der Waals surface area contributed by atoms with Gasteiger partial charge >= 0.3 is 0 Å². The first-order chi connectivity index (χ1) is 20.8. The molecule has 0 bridgehead atoms. The summed E-state index contributed by atoms with van der Waals surface area (Å²) < 4.78 is 11.2. The van der Waals surface area contributed by atoms with Crippen molar-refractivity contribution in [3.8, 4) is 11.5 Å². The molecule has 0 spiro atoms. The van der Waals surface area contributed by atoms with E-state index in [1.165, 1.54) is 30.2 Å². The molecular weight excluding hydrogens is 616 g/mol. The number of nitrogens with zero attached hydrogens (tertiary/aromatic N) is 2. The van der Waals surface area contributed by atoms with Gasteiger partial charge in [-0.3, -0.25) is 24.1 Å². The van der Waals surface area contributed by atoms with Gasteiger partial charge in [0.05, 0.1) is 42.3 Å². The number of phenols is 1. The fourth-order valence-corrected chi connectivity index (χ4v) is 7.84. The molecule has 0 aromatic heterocycles. The van der Waals surface area contributed by atoms with Crippen LogP contribution in [0.25, 0.3) is 0 Å². The van der Waals surface area contributed by atoms with Gasteiger partial charge in [0.1, 0.15) is 11.5 Å². The van der Waals surface area contributed by atoms with Crippen molar-refractivity contribution < 1.29 is 33.8 Å². The molecule has 5 aliphatic rings. The van der Waals surface area contributed by atoms with Crippen LogP contribution in [0.15, 0.2) is 75.8 Å². The number of morpholine rings is 1. The first-order valence-corrected chi connectivity index (χ1v) is 15.1. The number of ether oxygens (including phenoxy) is 2. The molecule has 0 radical (unpaired) electrons. The number of imide groups is 1. The number of carbonyl (C=O) groups is 4. The van der Waals surface area contributed by atoms with Crippen molar-refractivity contribution in [2.24, 2.45) is 17.8 Å². The smallest absolute Gasteiger partial charge is 0.238 e. The quantitative estimate of drug-likeness (QED) is 0.299. The summed E-state index contributed by atoms with van der Waals surface area (Å²) in [7, 11) is 1.48.